The number of nitrogens with one attached hydrogen (secondary N) is 2. The molecule has 2 aromatic carbocycles. The summed E-state index contributed by atoms with van der Waals surface area (Å²) in [6, 6.07) is 15.6. The van der Waals surface area contributed by atoms with E-state index in [4.69, 9.17) is 16.7 Å². The van der Waals surface area contributed by atoms with Crippen LogP contribution in [0.15, 0.2) is 48.5 Å². The zero-order valence-corrected chi connectivity index (χ0v) is 13.0. The lowest BCUT2D eigenvalue weighted by Gasteiger charge is -2.08. The largest absolute Gasteiger partial charge is 0.465 e. The molecule has 1 amide bonds. The van der Waals surface area contributed by atoms with Crippen molar-refractivity contribution in [2.24, 2.45) is 0 Å². The molecule has 0 aliphatic heterocycles. The van der Waals surface area contributed by atoms with Crippen molar-refractivity contribution >= 4 is 50.5 Å². The number of halogens is 1. The monoisotopic (exact) mass is 332 g/mol. The third-order valence-electron chi connectivity index (χ3n) is 3.15. The Labute approximate surface area is 136 Å². The molecule has 0 spiro atoms. The zero-order chi connectivity index (χ0) is 15.5. The van der Waals surface area contributed by atoms with E-state index in [-0.39, 0.29) is 0 Å². The molecule has 0 atom stereocenters. The molecule has 4 nitrogen and oxygen atoms in total. The molecule has 0 radical (unpaired) electrons. The standard InChI is InChI=1S/C16H13ClN2O2S/c17-13-8-11(5-6-14(13)19-16(20)21)18-9-12-7-10-3-1-2-4-15(10)22-12/h1-8,18-19H,9H2,(H,20,21). The average molecular weight is 333 g/mol. The Morgan fingerprint density at radius 3 is 2.73 bits per heavy atom. The fourth-order valence-electron chi connectivity index (χ4n) is 2.15. The van der Waals surface area contributed by atoms with Crippen molar-refractivity contribution in [3.8, 4) is 0 Å². The Balaban J connectivity index is 1.70. The van der Waals surface area contributed by atoms with E-state index >= 15 is 0 Å². The fourth-order valence-corrected chi connectivity index (χ4v) is 3.39. The number of benzene rings is 2. The summed E-state index contributed by atoms with van der Waals surface area (Å²) in [5.41, 5.74) is 1.22. The molecule has 0 saturated carbocycles. The molecule has 0 bridgehead atoms. The summed E-state index contributed by atoms with van der Waals surface area (Å²) in [6.07, 6.45) is -1.13. The van der Waals surface area contributed by atoms with Gasteiger partial charge in [0.15, 0.2) is 0 Å². The Morgan fingerprint density at radius 2 is 2.00 bits per heavy atom. The van der Waals surface area contributed by atoms with Crippen molar-refractivity contribution in [1.29, 1.82) is 0 Å². The Kier molecular flexibility index (Phi) is 4.18. The van der Waals surface area contributed by atoms with Gasteiger partial charge >= 0.3 is 6.09 Å². The number of hydrogen-bond acceptors (Lipinski definition) is 3. The van der Waals surface area contributed by atoms with Crippen molar-refractivity contribution in [2.75, 3.05) is 10.6 Å². The van der Waals surface area contributed by atoms with Gasteiger partial charge in [0.05, 0.1) is 10.7 Å². The van der Waals surface area contributed by atoms with Gasteiger partial charge in [-0.1, -0.05) is 29.8 Å². The van der Waals surface area contributed by atoms with E-state index in [0.29, 0.717) is 17.3 Å². The summed E-state index contributed by atoms with van der Waals surface area (Å²) in [5, 5.41) is 15.8. The van der Waals surface area contributed by atoms with Gasteiger partial charge < -0.3 is 10.4 Å². The first-order valence-electron chi connectivity index (χ1n) is 6.62. The highest BCUT2D eigenvalue weighted by Gasteiger charge is 2.05. The molecule has 1 aromatic heterocycles. The highest BCUT2D eigenvalue weighted by molar-refractivity contribution is 7.19. The van der Waals surface area contributed by atoms with Gasteiger partial charge in [0.1, 0.15) is 0 Å². The minimum Gasteiger partial charge on any atom is -0.465 e. The predicted molar refractivity (Wildman–Crippen MR) is 92.3 cm³/mol. The van der Waals surface area contributed by atoms with Crippen LogP contribution in [-0.4, -0.2) is 11.2 Å². The lowest BCUT2D eigenvalue weighted by Crippen LogP contribution is -2.07. The Hall–Kier alpha value is -2.24. The number of rotatable bonds is 4. The van der Waals surface area contributed by atoms with Crippen molar-refractivity contribution in [1.82, 2.24) is 0 Å². The van der Waals surface area contributed by atoms with Gasteiger partial charge in [0.2, 0.25) is 0 Å². The number of anilines is 2. The third kappa shape index (κ3) is 3.32. The molecular weight excluding hydrogens is 320 g/mol. The summed E-state index contributed by atoms with van der Waals surface area (Å²) >= 11 is 7.80. The van der Waals surface area contributed by atoms with Gasteiger partial charge in [-0.3, -0.25) is 5.32 Å². The molecule has 3 rings (SSSR count). The van der Waals surface area contributed by atoms with Gasteiger partial charge in [-0.2, -0.15) is 0 Å². The number of thiophene rings is 1. The maximum atomic E-state index is 10.6. The van der Waals surface area contributed by atoms with Crippen molar-refractivity contribution in [3.05, 3.63) is 58.4 Å². The van der Waals surface area contributed by atoms with Crippen LogP contribution in [0.1, 0.15) is 4.88 Å². The summed E-state index contributed by atoms with van der Waals surface area (Å²) in [5.74, 6) is 0. The third-order valence-corrected chi connectivity index (χ3v) is 4.58. The van der Waals surface area contributed by atoms with Crippen LogP contribution in [0, 0.1) is 0 Å². The SMILES string of the molecule is O=C(O)Nc1ccc(NCc2cc3ccccc3s2)cc1Cl. The number of amides is 1. The van der Waals surface area contributed by atoms with Gasteiger partial charge in [-0.15, -0.1) is 11.3 Å². The van der Waals surface area contributed by atoms with Crippen LogP contribution in [0.5, 0.6) is 0 Å². The normalized spacial score (nSPS) is 10.6. The summed E-state index contributed by atoms with van der Waals surface area (Å²) in [4.78, 5) is 11.8. The van der Waals surface area contributed by atoms with Gasteiger partial charge in [0.25, 0.3) is 0 Å². The van der Waals surface area contributed by atoms with E-state index in [2.05, 4.69) is 28.8 Å². The van der Waals surface area contributed by atoms with Crippen LogP contribution < -0.4 is 10.6 Å². The summed E-state index contributed by atoms with van der Waals surface area (Å²) < 4.78 is 1.26. The topological polar surface area (TPSA) is 61.4 Å². The van der Waals surface area contributed by atoms with Crippen LogP contribution >= 0.6 is 22.9 Å². The second-order valence-corrected chi connectivity index (χ2v) is 6.30. The minimum absolute atomic E-state index is 0.365. The molecule has 3 aromatic rings. The lowest BCUT2D eigenvalue weighted by molar-refractivity contribution is 0.210. The van der Waals surface area contributed by atoms with E-state index in [0.717, 1.165) is 5.69 Å². The van der Waals surface area contributed by atoms with Crippen molar-refractivity contribution in [2.45, 2.75) is 6.54 Å². The van der Waals surface area contributed by atoms with Crippen LogP contribution in [0.2, 0.25) is 5.02 Å². The molecule has 0 fully saturated rings. The van der Waals surface area contributed by atoms with Gasteiger partial charge in [-0.25, -0.2) is 4.79 Å². The molecule has 112 valence electrons. The Bertz CT molecular complexity index is 799. The smallest absolute Gasteiger partial charge is 0.409 e. The van der Waals surface area contributed by atoms with Crippen LogP contribution in [-0.2, 0) is 6.54 Å². The molecular formula is C16H13ClN2O2S. The van der Waals surface area contributed by atoms with Gasteiger partial charge in [0, 0.05) is 21.8 Å². The van der Waals surface area contributed by atoms with Crippen molar-refractivity contribution in [3.63, 3.8) is 0 Å². The van der Waals surface area contributed by atoms with Gasteiger partial charge in [-0.05, 0) is 35.7 Å². The van der Waals surface area contributed by atoms with E-state index < -0.39 is 6.09 Å². The molecule has 0 aliphatic carbocycles. The number of carbonyl (C=O) groups is 1. The second-order valence-electron chi connectivity index (χ2n) is 4.73. The van der Waals surface area contributed by atoms with Crippen LogP contribution in [0.3, 0.4) is 0 Å². The van der Waals surface area contributed by atoms with E-state index in [1.54, 1.807) is 29.5 Å². The molecule has 0 unspecified atom stereocenters. The first-order chi connectivity index (χ1) is 10.6. The molecule has 6 heteroatoms. The highest BCUT2D eigenvalue weighted by atomic mass is 35.5. The molecule has 0 aliphatic rings. The van der Waals surface area contributed by atoms with Crippen LogP contribution in [0.4, 0.5) is 16.2 Å². The molecule has 1 heterocycles. The second kappa shape index (κ2) is 6.25. The maximum Gasteiger partial charge on any atom is 0.409 e. The molecule has 3 N–H and O–H groups in total. The molecule has 22 heavy (non-hydrogen) atoms. The summed E-state index contributed by atoms with van der Waals surface area (Å²) in [6.45, 7) is 0.696. The van der Waals surface area contributed by atoms with Crippen molar-refractivity contribution < 1.29 is 9.90 Å². The van der Waals surface area contributed by atoms with E-state index in [1.807, 2.05) is 12.1 Å². The fraction of sp³-hybridized carbons (Fsp3) is 0.0625. The first-order valence-corrected chi connectivity index (χ1v) is 7.82. The average Bonchev–Trinajstić information content (AvgIpc) is 2.90. The summed E-state index contributed by atoms with van der Waals surface area (Å²) in [7, 11) is 0. The maximum absolute atomic E-state index is 10.6. The molecule has 0 saturated heterocycles. The van der Waals surface area contributed by atoms with E-state index in [9.17, 15) is 4.79 Å². The number of hydrogen-bond donors (Lipinski definition) is 3. The number of fused-ring (bicyclic) bond motifs is 1. The van der Waals surface area contributed by atoms with E-state index in [1.165, 1.54) is 15.0 Å². The first kappa shape index (κ1) is 14.7. The number of carboxylic acid groups (broad SMARTS) is 1. The zero-order valence-electron chi connectivity index (χ0n) is 11.5. The van der Waals surface area contributed by atoms with Crippen LogP contribution in [0.25, 0.3) is 10.1 Å². The lowest BCUT2D eigenvalue weighted by atomic mass is 10.2. The predicted octanol–water partition coefficient (Wildman–Crippen LogP) is 5.26. The highest BCUT2D eigenvalue weighted by Crippen LogP contribution is 2.28. The quantitative estimate of drug-likeness (QED) is 0.611. The Morgan fingerprint density at radius 1 is 1.18 bits per heavy atom. The minimum atomic E-state index is -1.13.